The number of aromatic nitrogens is 1. The minimum atomic E-state index is -0.342. The number of hydrogen-bond donors (Lipinski definition) is 1. The third-order valence-electron chi connectivity index (χ3n) is 3.95. The molecule has 0 saturated heterocycles. The van der Waals surface area contributed by atoms with Crippen molar-refractivity contribution in [1.82, 2.24) is 10.4 Å². The summed E-state index contributed by atoms with van der Waals surface area (Å²) in [6.07, 6.45) is 4.60. The fraction of sp³-hybridized carbons (Fsp3) is 0.136. The second-order valence-electron chi connectivity index (χ2n) is 6.12. The van der Waals surface area contributed by atoms with Gasteiger partial charge in [-0.25, -0.2) is 5.43 Å². The van der Waals surface area contributed by atoms with Crippen molar-refractivity contribution in [2.45, 2.75) is 13.5 Å². The molecule has 0 bridgehead atoms. The van der Waals surface area contributed by atoms with Gasteiger partial charge in [-0.1, -0.05) is 29.3 Å². The van der Waals surface area contributed by atoms with Crippen LogP contribution in [-0.2, 0) is 6.61 Å². The molecule has 1 heterocycles. The Morgan fingerprint density at radius 1 is 1.10 bits per heavy atom. The van der Waals surface area contributed by atoms with Gasteiger partial charge in [-0.05, 0) is 60.5 Å². The number of carbonyl (C=O) groups is 1. The van der Waals surface area contributed by atoms with Gasteiger partial charge in [0, 0.05) is 12.4 Å². The number of pyridine rings is 1. The first-order chi connectivity index (χ1) is 14.6. The van der Waals surface area contributed by atoms with E-state index >= 15 is 0 Å². The Bertz CT molecular complexity index is 1040. The number of halogens is 2. The van der Waals surface area contributed by atoms with Gasteiger partial charge in [-0.2, -0.15) is 5.10 Å². The third-order valence-corrected chi connectivity index (χ3v) is 4.69. The maximum atomic E-state index is 12.0. The molecule has 0 fully saturated rings. The Morgan fingerprint density at radius 2 is 1.97 bits per heavy atom. The quantitative estimate of drug-likeness (QED) is 0.386. The van der Waals surface area contributed by atoms with Gasteiger partial charge < -0.3 is 9.47 Å². The Morgan fingerprint density at radius 3 is 2.70 bits per heavy atom. The van der Waals surface area contributed by atoms with E-state index in [1.807, 2.05) is 19.1 Å². The number of hydrogen-bond acceptors (Lipinski definition) is 5. The lowest BCUT2D eigenvalue weighted by atomic mass is 10.2. The Kier molecular flexibility index (Phi) is 7.65. The zero-order valence-electron chi connectivity index (χ0n) is 16.1. The monoisotopic (exact) mass is 443 g/mol. The van der Waals surface area contributed by atoms with E-state index in [0.29, 0.717) is 40.3 Å². The highest BCUT2D eigenvalue weighted by molar-refractivity contribution is 6.42. The topological polar surface area (TPSA) is 72.8 Å². The van der Waals surface area contributed by atoms with Crippen molar-refractivity contribution in [2.75, 3.05) is 6.61 Å². The molecule has 2 aromatic carbocycles. The molecule has 0 radical (unpaired) electrons. The first kappa shape index (κ1) is 21.6. The van der Waals surface area contributed by atoms with Gasteiger partial charge in [-0.15, -0.1) is 0 Å². The van der Waals surface area contributed by atoms with Crippen molar-refractivity contribution < 1.29 is 14.3 Å². The van der Waals surface area contributed by atoms with Crippen LogP contribution in [0.2, 0.25) is 10.0 Å². The van der Waals surface area contributed by atoms with Crippen LogP contribution >= 0.6 is 23.2 Å². The maximum Gasteiger partial charge on any atom is 0.272 e. The van der Waals surface area contributed by atoms with Gasteiger partial charge in [0.1, 0.15) is 6.61 Å². The van der Waals surface area contributed by atoms with E-state index in [0.717, 1.165) is 11.1 Å². The first-order valence-corrected chi connectivity index (χ1v) is 9.89. The van der Waals surface area contributed by atoms with E-state index < -0.39 is 0 Å². The van der Waals surface area contributed by atoms with Gasteiger partial charge in [0.25, 0.3) is 5.91 Å². The van der Waals surface area contributed by atoms with E-state index in [9.17, 15) is 4.79 Å². The van der Waals surface area contributed by atoms with Gasteiger partial charge in [-0.3, -0.25) is 9.78 Å². The lowest BCUT2D eigenvalue weighted by Gasteiger charge is -2.13. The molecule has 0 aliphatic heterocycles. The SMILES string of the molecule is CCOc1cc(/C=N\NC(=O)c2cccnc2)ccc1OCc1ccc(Cl)c(Cl)c1. The van der Waals surface area contributed by atoms with Gasteiger partial charge in [0.2, 0.25) is 0 Å². The van der Waals surface area contributed by atoms with E-state index in [1.165, 1.54) is 12.4 Å². The average Bonchev–Trinajstić information content (AvgIpc) is 2.76. The predicted octanol–water partition coefficient (Wildman–Crippen LogP) is 5.13. The van der Waals surface area contributed by atoms with Crippen LogP contribution in [0.1, 0.15) is 28.4 Å². The number of hydrazone groups is 1. The Hall–Kier alpha value is -3.09. The number of carbonyl (C=O) groups excluding carboxylic acids is 1. The van der Waals surface area contributed by atoms with E-state index in [2.05, 4.69) is 15.5 Å². The summed E-state index contributed by atoms with van der Waals surface area (Å²) < 4.78 is 11.6. The molecular weight excluding hydrogens is 425 g/mol. The van der Waals surface area contributed by atoms with Crippen LogP contribution in [0.3, 0.4) is 0 Å². The zero-order valence-corrected chi connectivity index (χ0v) is 17.7. The van der Waals surface area contributed by atoms with E-state index in [-0.39, 0.29) is 5.91 Å². The molecule has 3 aromatic rings. The van der Waals surface area contributed by atoms with Crippen LogP contribution in [0.25, 0.3) is 0 Å². The molecule has 0 aliphatic carbocycles. The zero-order chi connectivity index (χ0) is 21.3. The second-order valence-corrected chi connectivity index (χ2v) is 6.93. The smallest absolute Gasteiger partial charge is 0.272 e. The number of rotatable bonds is 8. The molecule has 0 unspecified atom stereocenters. The average molecular weight is 444 g/mol. The minimum absolute atomic E-state index is 0.311. The van der Waals surface area contributed by atoms with Crippen molar-refractivity contribution in [3.05, 3.63) is 87.7 Å². The van der Waals surface area contributed by atoms with Crippen LogP contribution in [-0.4, -0.2) is 23.7 Å². The highest BCUT2D eigenvalue weighted by atomic mass is 35.5. The van der Waals surface area contributed by atoms with E-state index in [1.54, 1.807) is 42.6 Å². The summed E-state index contributed by atoms with van der Waals surface area (Å²) in [4.78, 5) is 15.9. The third kappa shape index (κ3) is 5.95. The van der Waals surface area contributed by atoms with Crippen molar-refractivity contribution in [1.29, 1.82) is 0 Å². The molecular formula is C22H19Cl2N3O3. The normalized spacial score (nSPS) is 10.8. The molecule has 1 amide bonds. The molecule has 1 aromatic heterocycles. The minimum Gasteiger partial charge on any atom is -0.490 e. The summed E-state index contributed by atoms with van der Waals surface area (Å²) >= 11 is 12.0. The fourth-order valence-electron chi connectivity index (χ4n) is 2.51. The van der Waals surface area contributed by atoms with Crippen LogP contribution in [0.4, 0.5) is 0 Å². The van der Waals surface area contributed by atoms with Crippen LogP contribution in [0, 0.1) is 0 Å². The van der Waals surface area contributed by atoms with Crippen molar-refractivity contribution in [2.24, 2.45) is 5.10 Å². The molecule has 154 valence electrons. The fourth-order valence-corrected chi connectivity index (χ4v) is 2.83. The standard InChI is InChI=1S/C22H19Cl2N3O3/c1-2-29-21-11-15(12-26-27-22(28)17-4-3-9-25-13-17)6-8-20(21)30-14-16-5-7-18(23)19(24)10-16/h3-13H,2,14H2,1H3,(H,27,28)/b26-12-. The molecule has 0 saturated carbocycles. The number of amides is 1. The predicted molar refractivity (Wildman–Crippen MR) is 118 cm³/mol. The summed E-state index contributed by atoms with van der Waals surface area (Å²) in [5.74, 6) is 0.811. The summed E-state index contributed by atoms with van der Waals surface area (Å²) in [7, 11) is 0. The molecule has 3 rings (SSSR count). The summed E-state index contributed by atoms with van der Waals surface area (Å²) in [5.41, 5.74) is 4.52. The highest BCUT2D eigenvalue weighted by Crippen LogP contribution is 2.30. The van der Waals surface area contributed by atoms with Crippen molar-refractivity contribution in [3.8, 4) is 11.5 Å². The largest absolute Gasteiger partial charge is 0.490 e. The number of ether oxygens (including phenoxy) is 2. The number of benzene rings is 2. The lowest BCUT2D eigenvalue weighted by Crippen LogP contribution is -2.17. The van der Waals surface area contributed by atoms with Gasteiger partial charge in [0.05, 0.1) is 28.4 Å². The molecule has 0 atom stereocenters. The van der Waals surface area contributed by atoms with Gasteiger partial charge >= 0.3 is 0 Å². The summed E-state index contributed by atoms with van der Waals surface area (Å²) in [6.45, 7) is 2.67. The molecule has 30 heavy (non-hydrogen) atoms. The van der Waals surface area contributed by atoms with Crippen LogP contribution < -0.4 is 14.9 Å². The first-order valence-electron chi connectivity index (χ1n) is 9.14. The van der Waals surface area contributed by atoms with Gasteiger partial charge in [0.15, 0.2) is 11.5 Å². The second kappa shape index (κ2) is 10.6. The Balaban J connectivity index is 1.66. The molecule has 0 aliphatic rings. The summed E-state index contributed by atoms with van der Waals surface area (Å²) in [6, 6.07) is 14.1. The van der Waals surface area contributed by atoms with Crippen molar-refractivity contribution >= 4 is 35.3 Å². The maximum absolute atomic E-state index is 12.0. The number of nitrogens with zero attached hydrogens (tertiary/aromatic N) is 2. The highest BCUT2D eigenvalue weighted by Gasteiger charge is 2.08. The lowest BCUT2D eigenvalue weighted by molar-refractivity contribution is 0.0955. The number of nitrogens with one attached hydrogen (secondary N) is 1. The Labute approximate surface area is 184 Å². The van der Waals surface area contributed by atoms with Crippen LogP contribution in [0.5, 0.6) is 11.5 Å². The molecule has 6 nitrogen and oxygen atoms in total. The van der Waals surface area contributed by atoms with E-state index in [4.69, 9.17) is 32.7 Å². The molecule has 8 heteroatoms. The molecule has 0 spiro atoms. The van der Waals surface area contributed by atoms with Crippen molar-refractivity contribution in [3.63, 3.8) is 0 Å². The molecule has 1 N–H and O–H groups in total. The van der Waals surface area contributed by atoms with Crippen LogP contribution in [0.15, 0.2) is 66.0 Å². The summed E-state index contributed by atoms with van der Waals surface area (Å²) in [5, 5.41) is 4.95.